The summed E-state index contributed by atoms with van der Waals surface area (Å²) in [5, 5.41) is 0.682. The highest BCUT2D eigenvalue weighted by molar-refractivity contribution is 7.09. The predicted octanol–water partition coefficient (Wildman–Crippen LogP) is 4.33. The van der Waals surface area contributed by atoms with Crippen molar-refractivity contribution in [1.82, 2.24) is 9.55 Å². The first-order valence-electron chi connectivity index (χ1n) is 7.40. The van der Waals surface area contributed by atoms with Crippen LogP contribution in [0.1, 0.15) is 40.9 Å². The number of ether oxygens (including phenoxy) is 1. The lowest BCUT2D eigenvalue weighted by atomic mass is 10.2. The number of rotatable bonds is 4. The number of hydrogen-bond donors (Lipinski definition) is 0. The second-order valence-electron chi connectivity index (χ2n) is 5.30. The molecule has 1 atom stereocenters. The molecule has 0 saturated heterocycles. The highest BCUT2D eigenvalue weighted by Gasteiger charge is 2.23. The molecule has 6 heteroatoms. The van der Waals surface area contributed by atoms with E-state index in [0.29, 0.717) is 17.7 Å². The lowest BCUT2D eigenvalue weighted by Crippen LogP contribution is -2.16. The average molecular weight is 332 g/mol. The first kappa shape index (κ1) is 15.7. The lowest BCUT2D eigenvalue weighted by molar-refractivity contribution is 0.0513. The number of thiazole rings is 1. The predicted molar refractivity (Wildman–Crippen MR) is 88.5 cm³/mol. The summed E-state index contributed by atoms with van der Waals surface area (Å²) in [5.74, 6) is -0.732. The number of aryl methyl sites for hydroxylation is 1. The van der Waals surface area contributed by atoms with E-state index in [9.17, 15) is 9.18 Å². The fourth-order valence-electron chi connectivity index (χ4n) is 2.82. The molecule has 0 saturated carbocycles. The molecule has 120 valence electrons. The second-order valence-corrected chi connectivity index (χ2v) is 6.19. The van der Waals surface area contributed by atoms with Gasteiger partial charge in [0.15, 0.2) is 0 Å². The molecular formula is C17H17FN2O2S. The molecule has 1 aromatic carbocycles. The Morgan fingerprint density at radius 3 is 2.87 bits per heavy atom. The summed E-state index contributed by atoms with van der Waals surface area (Å²) in [6.45, 7) is 6.01. The zero-order chi connectivity index (χ0) is 16.6. The van der Waals surface area contributed by atoms with E-state index >= 15 is 0 Å². The maximum absolute atomic E-state index is 13.5. The van der Waals surface area contributed by atoms with Crippen LogP contribution in [0.4, 0.5) is 4.39 Å². The fraction of sp³-hybridized carbons (Fsp3) is 0.294. The number of aromatic nitrogens is 2. The Labute approximate surface area is 137 Å². The summed E-state index contributed by atoms with van der Waals surface area (Å²) < 4.78 is 20.6. The Morgan fingerprint density at radius 1 is 1.43 bits per heavy atom. The first-order chi connectivity index (χ1) is 11.0. The van der Waals surface area contributed by atoms with Gasteiger partial charge in [-0.25, -0.2) is 14.2 Å². The number of esters is 1. The van der Waals surface area contributed by atoms with Gasteiger partial charge in [0.25, 0.3) is 0 Å². The number of halogens is 1. The van der Waals surface area contributed by atoms with E-state index in [-0.39, 0.29) is 11.9 Å². The highest BCUT2D eigenvalue weighted by Crippen LogP contribution is 2.32. The SMILES string of the molecule is CCOC(=O)c1cc2cc(F)ccc2n1C(C)c1scnc1C. The molecule has 0 aliphatic carbocycles. The molecule has 1 unspecified atom stereocenters. The molecule has 0 amide bonds. The number of hydrogen-bond acceptors (Lipinski definition) is 4. The van der Waals surface area contributed by atoms with Crippen LogP contribution in [0.3, 0.4) is 0 Å². The summed E-state index contributed by atoms with van der Waals surface area (Å²) in [6, 6.07) is 6.12. The van der Waals surface area contributed by atoms with Crippen molar-refractivity contribution in [2.75, 3.05) is 6.61 Å². The Bertz CT molecular complexity index is 869. The second kappa shape index (κ2) is 6.12. The molecule has 0 aliphatic rings. The summed E-state index contributed by atoms with van der Waals surface area (Å²) >= 11 is 1.54. The van der Waals surface area contributed by atoms with Gasteiger partial charge < -0.3 is 9.30 Å². The van der Waals surface area contributed by atoms with Gasteiger partial charge >= 0.3 is 5.97 Å². The molecule has 2 heterocycles. The van der Waals surface area contributed by atoms with Crippen LogP contribution in [0.2, 0.25) is 0 Å². The van der Waals surface area contributed by atoms with Crippen molar-refractivity contribution < 1.29 is 13.9 Å². The number of carbonyl (C=O) groups excluding carboxylic acids is 1. The fourth-order valence-corrected chi connectivity index (χ4v) is 3.67. The van der Waals surface area contributed by atoms with E-state index < -0.39 is 5.97 Å². The van der Waals surface area contributed by atoms with Gasteiger partial charge in [-0.15, -0.1) is 11.3 Å². The van der Waals surface area contributed by atoms with Crippen LogP contribution in [-0.2, 0) is 4.74 Å². The third-order valence-electron chi connectivity index (χ3n) is 3.83. The third-order valence-corrected chi connectivity index (χ3v) is 4.94. The van der Waals surface area contributed by atoms with Gasteiger partial charge in [0.05, 0.1) is 23.9 Å². The average Bonchev–Trinajstić information content (AvgIpc) is 3.10. The molecule has 0 bridgehead atoms. The number of carbonyl (C=O) groups is 1. The summed E-state index contributed by atoms with van der Waals surface area (Å²) in [5.41, 5.74) is 3.94. The van der Waals surface area contributed by atoms with Crippen LogP contribution in [0.15, 0.2) is 29.8 Å². The van der Waals surface area contributed by atoms with Crippen molar-refractivity contribution in [3.63, 3.8) is 0 Å². The molecule has 3 aromatic rings. The van der Waals surface area contributed by atoms with Gasteiger partial charge in [0, 0.05) is 15.8 Å². The van der Waals surface area contributed by atoms with Crippen LogP contribution >= 0.6 is 11.3 Å². The van der Waals surface area contributed by atoms with Crippen molar-refractivity contribution >= 4 is 28.2 Å². The van der Waals surface area contributed by atoms with E-state index in [1.54, 1.807) is 35.9 Å². The van der Waals surface area contributed by atoms with Crippen LogP contribution in [0, 0.1) is 12.7 Å². The number of benzene rings is 1. The van der Waals surface area contributed by atoms with Gasteiger partial charge in [-0.3, -0.25) is 0 Å². The van der Waals surface area contributed by atoms with Crippen LogP contribution < -0.4 is 0 Å². The van der Waals surface area contributed by atoms with Crippen molar-refractivity contribution in [2.45, 2.75) is 26.8 Å². The Kier molecular flexibility index (Phi) is 4.17. The standard InChI is InChI=1S/C17H17FN2O2S/c1-4-22-17(21)15-8-12-7-13(18)5-6-14(12)20(15)11(3)16-10(2)19-9-23-16/h5-9,11H,4H2,1-3H3. The summed E-state index contributed by atoms with van der Waals surface area (Å²) in [7, 11) is 0. The monoisotopic (exact) mass is 332 g/mol. The quantitative estimate of drug-likeness (QED) is 0.668. The maximum atomic E-state index is 13.5. The number of fused-ring (bicyclic) bond motifs is 1. The van der Waals surface area contributed by atoms with Crippen LogP contribution in [0.25, 0.3) is 10.9 Å². The Balaban J connectivity index is 2.21. The maximum Gasteiger partial charge on any atom is 0.354 e. The van der Waals surface area contributed by atoms with Gasteiger partial charge in [-0.05, 0) is 45.0 Å². The summed E-state index contributed by atoms with van der Waals surface area (Å²) in [4.78, 5) is 17.7. The molecule has 23 heavy (non-hydrogen) atoms. The van der Waals surface area contributed by atoms with Crippen molar-refractivity contribution in [3.05, 3.63) is 51.9 Å². The lowest BCUT2D eigenvalue weighted by Gasteiger charge is -2.17. The van der Waals surface area contributed by atoms with Gasteiger partial charge in [0.1, 0.15) is 11.5 Å². The minimum Gasteiger partial charge on any atom is -0.461 e. The molecule has 0 fully saturated rings. The van der Waals surface area contributed by atoms with E-state index in [2.05, 4.69) is 4.98 Å². The van der Waals surface area contributed by atoms with Crippen LogP contribution in [-0.4, -0.2) is 22.1 Å². The highest BCUT2D eigenvalue weighted by atomic mass is 32.1. The smallest absolute Gasteiger partial charge is 0.354 e. The van der Waals surface area contributed by atoms with E-state index in [1.165, 1.54) is 12.1 Å². The zero-order valence-corrected chi connectivity index (χ0v) is 14.0. The van der Waals surface area contributed by atoms with Gasteiger partial charge in [0.2, 0.25) is 0 Å². The molecule has 0 radical (unpaired) electrons. The van der Waals surface area contributed by atoms with Crippen molar-refractivity contribution in [3.8, 4) is 0 Å². The number of nitrogens with zero attached hydrogens (tertiary/aromatic N) is 2. The minimum atomic E-state index is -0.405. The third kappa shape index (κ3) is 2.74. The molecule has 0 spiro atoms. The van der Waals surface area contributed by atoms with E-state index in [0.717, 1.165) is 16.1 Å². The molecular weight excluding hydrogens is 315 g/mol. The van der Waals surface area contributed by atoms with Crippen LogP contribution in [0.5, 0.6) is 0 Å². The summed E-state index contributed by atoms with van der Waals surface area (Å²) in [6.07, 6.45) is 0. The minimum absolute atomic E-state index is 0.0927. The van der Waals surface area contributed by atoms with E-state index in [4.69, 9.17) is 4.74 Å². The van der Waals surface area contributed by atoms with Crippen molar-refractivity contribution in [1.29, 1.82) is 0 Å². The first-order valence-corrected chi connectivity index (χ1v) is 8.28. The topological polar surface area (TPSA) is 44.1 Å². The molecule has 4 nitrogen and oxygen atoms in total. The largest absolute Gasteiger partial charge is 0.461 e. The van der Waals surface area contributed by atoms with Gasteiger partial charge in [-0.2, -0.15) is 0 Å². The molecule has 3 rings (SSSR count). The Morgan fingerprint density at radius 2 is 2.22 bits per heavy atom. The normalized spacial score (nSPS) is 12.5. The van der Waals surface area contributed by atoms with E-state index in [1.807, 2.05) is 18.4 Å². The molecule has 0 N–H and O–H groups in total. The Hall–Kier alpha value is -2.21. The zero-order valence-electron chi connectivity index (χ0n) is 13.2. The van der Waals surface area contributed by atoms with Gasteiger partial charge in [-0.1, -0.05) is 0 Å². The molecule has 2 aromatic heterocycles. The van der Waals surface area contributed by atoms with Crippen molar-refractivity contribution in [2.24, 2.45) is 0 Å². The molecule has 0 aliphatic heterocycles.